The summed E-state index contributed by atoms with van der Waals surface area (Å²) >= 11 is 1.43. The number of esters is 1. The van der Waals surface area contributed by atoms with E-state index < -0.39 is 11.8 Å². The number of methoxy groups -OCH3 is 1. The standard InChI is InChI=1S/C15H17FN2O3S/c1-18-7-6-12(19)13(15(20)21-2)14(18)17-11-5-4-9(22-3)8-10(11)16/h4-5,8,17H,6-7H2,1-3H3. The molecule has 118 valence electrons. The number of rotatable bonds is 4. The third kappa shape index (κ3) is 3.24. The van der Waals surface area contributed by atoms with Crippen LogP contribution in [0.15, 0.2) is 34.5 Å². The summed E-state index contributed by atoms with van der Waals surface area (Å²) < 4.78 is 18.8. The summed E-state index contributed by atoms with van der Waals surface area (Å²) in [6.07, 6.45) is 2.08. The number of carbonyl (C=O) groups is 2. The average molecular weight is 324 g/mol. The fourth-order valence-electron chi connectivity index (χ4n) is 2.15. The van der Waals surface area contributed by atoms with E-state index in [4.69, 9.17) is 0 Å². The molecule has 1 aromatic rings. The predicted molar refractivity (Wildman–Crippen MR) is 83.1 cm³/mol. The summed E-state index contributed by atoms with van der Waals surface area (Å²) in [6, 6.07) is 4.74. The molecule has 0 spiro atoms. The first-order valence-corrected chi connectivity index (χ1v) is 7.88. The van der Waals surface area contributed by atoms with E-state index in [1.807, 2.05) is 6.26 Å². The van der Waals surface area contributed by atoms with Gasteiger partial charge in [-0.25, -0.2) is 9.18 Å². The van der Waals surface area contributed by atoms with Gasteiger partial charge in [0, 0.05) is 24.9 Å². The molecule has 1 aromatic carbocycles. The van der Waals surface area contributed by atoms with Gasteiger partial charge in [-0.1, -0.05) is 0 Å². The minimum Gasteiger partial charge on any atom is -0.465 e. The molecule has 0 aromatic heterocycles. The molecule has 0 saturated heterocycles. The van der Waals surface area contributed by atoms with E-state index in [1.54, 1.807) is 24.1 Å². The second-order valence-electron chi connectivity index (χ2n) is 4.78. The van der Waals surface area contributed by atoms with Gasteiger partial charge >= 0.3 is 5.97 Å². The molecule has 0 bridgehead atoms. The lowest BCUT2D eigenvalue weighted by atomic mass is 10.0. The molecule has 0 unspecified atom stereocenters. The number of nitrogens with one attached hydrogen (secondary N) is 1. The number of ketones is 1. The van der Waals surface area contributed by atoms with Crippen molar-refractivity contribution in [2.75, 3.05) is 32.3 Å². The second kappa shape index (κ2) is 6.83. The smallest absolute Gasteiger partial charge is 0.345 e. The molecule has 0 saturated carbocycles. The number of ether oxygens (including phenoxy) is 1. The quantitative estimate of drug-likeness (QED) is 0.521. The Morgan fingerprint density at radius 2 is 2.18 bits per heavy atom. The molecule has 22 heavy (non-hydrogen) atoms. The highest BCUT2D eigenvalue weighted by Crippen LogP contribution is 2.26. The van der Waals surface area contributed by atoms with E-state index in [1.165, 1.54) is 24.9 Å². The summed E-state index contributed by atoms with van der Waals surface area (Å²) in [5.41, 5.74) is 0.125. The largest absolute Gasteiger partial charge is 0.465 e. The Morgan fingerprint density at radius 1 is 1.45 bits per heavy atom. The average Bonchev–Trinajstić information content (AvgIpc) is 2.52. The molecule has 0 fully saturated rings. The first-order valence-electron chi connectivity index (χ1n) is 6.65. The topological polar surface area (TPSA) is 58.6 Å². The number of thioether (sulfide) groups is 1. The van der Waals surface area contributed by atoms with Crippen LogP contribution >= 0.6 is 11.8 Å². The van der Waals surface area contributed by atoms with Crippen molar-refractivity contribution >= 4 is 29.2 Å². The van der Waals surface area contributed by atoms with Crippen LogP contribution in [0.5, 0.6) is 0 Å². The molecule has 7 heteroatoms. The SMILES string of the molecule is COC(=O)C1=C(Nc2ccc(SC)cc2F)N(C)CCC1=O. The van der Waals surface area contributed by atoms with Gasteiger partial charge in [-0.15, -0.1) is 11.8 Å². The molecule has 0 aliphatic carbocycles. The van der Waals surface area contributed by atoms with Crippen LogP contribution in [0.1, 0.15) is 6.42 Å². The number of Topliss-reactive ketones (excluding diaryl/α,β-unsaturated/α-hetero) is 1. The van der Waals surface area contributed by atoms with E-state index in [-0.39, 0.29) is 29.3 Å². The maximum atomic E-state index is 14.1. The van der Waals surface area contributed by atoms with Gasteiger partial charge in [-0.3, -0.25) is 4.79 Å². The lowest BCUT2D eigenvalue weighted by molar-refractivity contribution is -0.138. The Kier molecular flexibility index (Phi) is 5.07. The fraction of sp³-hybridized carbons (Fsp3) is 0.333. The molecule has 0 amide bonds. The second-order valence-corrected chi connectivity index (χ2v) is 5.66. The summed E-state index contributed by atoms with van der Waals surface area (Å²) in [5, 5.41) is 2.85. The van der Waals surface area contributed by atoms with Crippen LogP contribution < -0.4 is 5.32 Å². The third-order valence-corrected chi connectivity index (χ3v) is 4.12. The Morgan fingerprint density at radius 3 is 2.77 bits per heavy atom. The van der Waals surface area contributed by atoms with Crippen LogP contribution in [-0.4, -0.2) is 43.6 Å². The van der Waals surface area contributed by atoms with E-state index in [0.29, 0.717) is 6.54 Å². The number of anilines is 1. The van der Waals surface area contributed by atoms with Crippen LogP contribution in [-0.2, 0) is 14.3 Å². The van der Waals surface area contributed by atoms with E-state index >= 15 is 0 Å². The normalized spacial score (nSPS) is 15.1. The van der Waals surface area contributed by atoms with Crippen LogP contribution in [0.3, 0.4) is 0 Å². The molecule has 1 aliphatic rings. The van der Waals surface area contributed by atoms with Gasteiger partial charge in [0.2, 0.25) is 0 Å². The lowest BCUT2D eigenvalue weighted by Gasteiger charge is -2.29. The molecule has 1 N–H and O–H groups in total. The van der Waals surface area contributed by atoms with Crippen LogP contribution in [0.25, 0.3) is 0 Å². The van der Waals surface area contributed by atoms with Crippen molar-refractivity contribution in [1.82, 2.24) is 4.90 Å². The Hall–Kier alpha value is -2.02. The summed E-state index contributed by atoms with van der Waals surface area (Å²) in [4.78, 5) is 26.3. The van der Waals surface area contributed by atoms with Crippen LogP contribution in [0, 0.1) is 5.82 Å². The summed E-state index contributed by atoms with van der Waals surface area (Å²) in [7, 11) is 2.94. The molecular weight excluding hydrogens is 307 g/mol. The Labute approximate surface area is 132 Å². The molecular formula is C15H17FN2O3S. The highest BCUT2D eigenvalue weighted by atomic mass is 32.2. The van der Waals surface area contributed by atoms with Crippen molar-refractivity contribution < 1.29 is 18.7 Å². The van der Waals surface area contributed by atoms with Gasteiger partial charge in [0.05, 0.1) is 12.8 Å². The number of nitrogens with zero attached hydrogens (tertiary/aromatic N) is 1. The Balaban J connectivity index is 2.42. The van der Waals surface area contributed by atoms with E-state index in [9.17, 15) is 14.0 Å². The van der Waals surface area contributed by atoms with Gasteiger partial charge in [0.25, 0.3) is 0 Å². The highest BCUT2D eigenvalue weighted by molar-refractivity contribution is 7.98. The Bertz CT molecular complexity index is 646. The van der Waals surface area contributed by atoms with Gasteiger partial charge in [0.15, 0.2) is 5.78 Å². The van der Waals surface area contributed by atoms with Crippen molar-refractivity contribution in [3.05, 3.63) is 35.4 Å². The maximum Gasteiger partial charge on any atom is 0.345 e. The van der Waals surface area contributed by atoms with Gasteiger partial charge in [-0.05, 0) is 24.5 Å². The van der Waals surface area contributed by atoms with Crippen molar-refractivity contribution in [2.45, 2.75) is 11.3 Å². The van der Waals surface area contributed by atoms with Crippen molar-refractivity contribution in [1.29, 1.82) is 0 Å². The first kappa shape index (κ1) is 16.4. The predicted octanol–water partition coefficient (Wildman–Crippen LogP) is 2.25. The van der Waals surface area contributed by atoms with Crippen LogP contribution in [0.4, 0.5) is 10.1 Å². The number of hydrogen-bond acceptors (Lipinski definition) is 6. The molecule has 2 rings (SSSR count). The molecule has 0 atom stereocenters. The van der Waals surface area contributed by atoms with Crippen molar-refractivity contribution in [3.8, 4) is 0 Å². The molecule has 0 radical (unpaired) electrons. The van der Waals surface area contributed by atoms with Gasteiger partial charge < -0.3 is 15.0 Å². The minimum absolute atomic E-state index is 0.0791. The maximum absolute atomic E-state index is 14.1. The summed E-state index contributed by atoms with van der Waals surface area (Å²) in [6.45, 7) is 0.451. The van der Waals surface area contributed by atoms with E-state index in [0.717, 1.165) is 4.90 Å². The van der Waals surface area contributed by atoms with Crippen molar-refractivity contribution in [3.63, 3.8) is 0 Å². The fourth-order valence-corrected chi connectivity index (χ4v) is 2.58. The number of hydrogen-bond donors (Lipinski definition) is 1. The molecule has 5 nitrogen and oxygen atoms in total. The minimum atomic E-state index is -0.722. The zero-order chi connectivity index (χ0) is 16.3. The van der Waals surface area contributed by atoms with Gasteiger partial charge in [-0.2, -0.15) is 0 Å². The first-order chi connectivity index (χ1) is 10.5. The zero-order valence-corrected chi connectivity index (χ0v) is 13.4. The molecule has 1 heterocycles. The number of benzene rings is 1. The monoisotopic (exact) mass is 324 g/mol. The number of halogens is 1. The van der Waals surface area contributed by atoms with Gasteiger partial charge in [0.1, 0.15) is 17.2 Å². The van der Waals surface area contributed by atoms with E-state index in [2.05, 4.69) is 10.1 Å². The lowest BCUT2D eigenvalue weighted by Crippen LogP contribution is -2.36. The number of carbonyl (C=O) groups excluding carboxylic acids is 2. The van der Waals surface area contributed by atoms with Crippen LogP contribution in [0.2, 0.25) is 0 Å². The summed E-state index contributed by atoms with van der Waals surface area (Å²) in [5.74, 6) is -1.22. The van der Waals surface area contributed by atoms with Crippen molar-refractivity contribution in [2.24, 2.45) is 0 Å². The zero-order valence-electron chi connectivity index (χ0n) is 12.6. The third-order valence-electron chi connectivity index (χ3n) is 3.39. The highest BCUT2D eigenvalue weighted by Gasteiger charge is 2.30. The molecule has 1 aliphatic heterocycles.